The largest absolute Gasteiger partial charge is 0.351 e. The maximum Gasteiger partial charge on any atom is 0.155 e. The highest BCUT2D eigenvalue weighted by Gasteiger charge is 2.28. The Balaban J connectivity index is 1.94. The zero-order valence-electron chi connectivity index (χ0n) is 10.7. The highest BCUT2D eigenvalue weighted by atomic mass is 35.5. The van der Waals surface area contributed by atoms with Crippen molar-refractivity contribution in [1.29, 1.82) is 0 Å². The minimum atomic E-state index is 0.553. The molecule has 3 heterocycles. The number of fused-ring (bicyclic) bond motifs is 1. The first kappa shape index (κ1) is 12.2. The normalized spacial score (nSPS) is 23.9. The molecule has 2 aliphatic heterocycles. The third-order valence-electron chi connectivity index (χ3n) is 4.07. The lowest BCUT2D eigenvalue weighted by molar-refractivity contribution is 0.420. The summed E-state index contributed by atoms with van der Waals surface area (Å²) in [5.41, 5.74) is 2.40. The Kier molecular flexibility index (Phi) is 3.39. The average Bonchev–Trinajstić information content (AvgIpc) is 2.43. The van der Waals surface area contributed by atoms with Gasteiger partial charge in [0.2, 0.25) is 0 Å². The fourth-order valence-corrected chi connectivity index (χ4v) is 3.19. The standard InChI is InChI=1S/C13H19ClN4/c1-9-11-5-3-7-18(10-4-2-6-15-8-10)13(11)17-16-12(9)14/h10,15H,2-8H2,1H3/t10-/m1/s1. The van der Waals surface area contributed by atoms with Crippen LogP contribution in [0.1, 0.15) is 30.4 Å². The number of anilines is 1. The Hall–Kier alpha value is -0.870. The summed E-state index contributed by atoms with van der Waals surface area (Å²) in [6.07, 6.45) is 4.76. The number of halogens is 1. The number of hydrogen-bond donors (Lipinski definition) is 1. The van der Waals surface area contributed by atoms with E-state index in [2.05, 4.69) is 27.3 Å². The molecule has 0 bridgehead atoms. The number of aromatic nitrogens is 2. The molecule has 1 aromatic heterocycles. The van der Waals surface area contributed by atoms with Gasteiger partial charge in [0.15, 0.2) is 11.0 Å². The van der Waals surface area contributed by atoms with Crippen LogP contribution in [0.5, 0.6) is 0 Å². The fraction of sp³-hybridized carbons (Fsp3) is 0.692. The van der Waals surface area contributed by atoms with Crippen molar-refractivity contribution < 1.29 is 0 Å². The molecular weight excluding hydrogens is 248 g/mol. The summed E-state index contributed by atoms with van der Waals surface area (Å²) >= 11 is 6.07. The van der Waals surface area contributed by atoms with Crippen LogP contribution in [0, 0.1) is 6.92 Å². The molecule has 1 N–H and O–H groups in total. The summed E-state index contributed by atoms with van der Waals surface area (Å²) in [4.78, 5) is 2.43. The van der Waals surface area contributed by atoms with Gasteiger partial charge in [0.05, 0.1) is 0 Å². The molecule has 0 unspecified atom stereocenters. The van der Waals surface area contributed by atoms with Crippen LogP contribution in [0.2, 0.25) is 5.15 Å². The first-order valence-electron chi connectivity index (χ1n) is 6.76. The monoisotopic (exact) mass is 266 g/mol. The Morgan fingerprint density at radius 2 is 2.22 bits per heavy atom. The summed E-state index contributed by atoms with van der Waals surface area (Å²) in [5.74, 6) is 1.07. The number of piperidine rings is 1. The van der Waals surface area contributed by atoms with Gasteiger partial charge in [-0.3, -0.25) is 0 Å². The van der Waals surface area contributed by atoms with Crippen molar-refractivity contribution in [2.24, 2.45) is 0 Å². The van der Waals surface area contributed by atoms with E-state index in [-0.39, 0.29) is 0 Å². The molecule has 1 fully saturated rings. The average molecular weight is 267 g/mol. The van der Waals surface area contributed by atoms with E-state index in [0.717, 1.165) is 37.4 Å². The number of rotatable bonds is 1. The highest BCUT2D eigenvalue weighted by molar-refractivity contribution is 6.30. The lowest BCUT2D eigenvalue weighted by Crippen LogP contribution is -2.48. The molecule has 1 atom stereocenters. The van der Waals surface area contributed by atoms with Crippen molar-refractivity contribution in [2.75, 3.05) is 24.5 Å². The second-order valence-electron chi connectivity index (χ2n) is 5.22. The van der Waals surface area contributed by atoms with E-state index >= 15 is 0 Å². The van der Waals surface area contributed by atoms with Crippen molar-refractivity contribution >= 4 is 17.4 Å². The molecule has 0 radical (unpaired) electrons. The summed E-state index contributed by atoms with van der Waals surface area (Å²) in [6, 6.07) is 0.563. The van der Waals surface area contributed by atoms with Gasteiger partial charge in [-0.05, 0) is 44.7 Å². The predicted octanol–water partition coefficient (Wildman–Crippen LogP) is 1.94. The summed E-state index contributed by atoms with van der Waals surface area (Å²) in [5, 5.41) is 12.5. The van der Waals surface area contributed by atoms with Gasteiger partial charge in [-0.25, -0.2) is 0 Å². The van der Waals surface area contributed by atoms with Crippen molar-refractivity contribution in [3.05, 3.63) is 16.3 Å². The van der Waals surface area contributed by atoms with Crippen molar-refractivity contribution in [3.63, 3.8) is 0 Å². The lowest BCUT2D eigenvalue weighted by Gasteiger charge is -2.39. The quantitative estimate of drug-likeness (QED) is 0.844. The summed E-state index contributed by atoms with van der Waals surface area (Å²) in [6.45, 7) is 5.35. The van der Waals surface area contributed by atoms with Gasteiger partial charge < -0.3 is 10.2 Å². The van der Waals surface area contributed by atoms with Crippen LogP contribution in [0.4, 0.5) is 5.82 Å². The highest BCUT2D eigenvalue weighted by Crippen LogP contribution is 2.32. The van der Waals surface area contributed by atoms with Gasteiger partial charge in [-0.2, -0.15) is 0 Å². The summed E-state index contributed by atoms with van der Waals surface area (Å²) < 4.78 is 0. The lowest BCUT2D eigenvalue weighted by atomic mass is 9.98. The topological polar surface area (TPSA) is 41.1 Å². The van der Waals surface area contributed by atoms with E-state index in [1.165, 1.54) is 24.8 Å². The first-order chi connectivity index (χ1) is 8.77. The van der Waals surface area contributed by atoms with Crippen LogP contribution in [-0.4, -0.2) is 35.9 Å². The van der Waals surface area contributed by atoms with E-state index in [1.807, 2.05) is 0 Å². The van der Waals surface area contributed by atoms with Crippen LogP contribution in [0.25, 0.3) is 0 Å². The molecule has 18 heavy (non-hydrogen) atoms. The maximum absolute atomic E-state index is 6.07. The van der Waals surface area contributed by atoms with Gasteiger partial charge in [0.25, 0.3) is 0 Å². The van der Waals surface area contributed by atoms with Gasteiger partial charge in [-0.1, -0.05) is 11.6 Å². The minimum absolute atomic E-state index is 0.553. The molecule has 0 amide bonds. The van der Waals surface area contributed by atoms with Crippen LogP contribution < -0.4 is 10.2 Å². The Labute approximate surface area is 113 Å². The molecule has 3 rings (SSSR count). The zero-order chi connectivity index (χ0) is 12.5. The second-order valence-corrected chi connectivity index (χ2v) is 5.57. The predicted molar refractivity (Wildman–Crippen MR) is 73.3 cm³/mol. The van der Waals surface area contributed by atoms with Crippen LogP contribution in [0.15, 0.2) is 0 Å². The SMILES string of the molecule is Cc1c(Cl)nnc2c1CCCN2[C@@H]1CCCNC1. The molecule has 4 nitrogen and oxygen atoms in total. The first-order valence-corrected chi connectivity index (χ1v) is 7.14. The Morgan fingerprint density at radius 1 is 1.33 bits per heavy atom. The van der Waals surface area contributed by atoms with Gasteiger partial charge in [0, 0.05) is 24.7 Å². The molecule has 0 aromatic carbocycles. The summed E-state index contributed by atoms with van der Waals surface area (Å²) in [7, 11) is 0. The van der Waals surface area contributed by atoms with E-state index in [1.54, 1.807) is 0 Å². The Morgan fingerprint density at radius 3 is 3.00 bits per heavy atom. The number of nitrogens with one attached hydrogen (secondary N) is 1. The van der Waals surface area contributed by atoms with E-state index in [4.69, 9.17) is 11.6 Å². The third kappa shape index (κ3) is 2.08. The fourth-order valence-electron chi connectivity index (χ4n) is 3.04. The third-order valence-corrected chi connectivity index (χ3v) is 4.43. The minimum Gasteiger partial charge on any atom is -0.351 e. The van der Waals surface area contributed by atoms with Crippen molar-refractivity contribution in [1.82, 2.24) is 15.5 Å². The number of hydrogen-bond acceptors (Lipinski definition) is 4. The van der Waals surface area contributed by atoms with Gasteiger partial charge >= 0.3 is 0 Å². The zero-order valence-corrected chi connectivity index (χ0v) is 11.5. The Bertz CT molecular complexity index is 443. The molecule has 0 aliphatic carbocycles. The molecule has 1 aromatic rings. The van der Waals surface area contributed by atoms with Crippen LogP contribution in [-0.2, 0) is 6.42 Å². The number of nitrogens with zero attached hydrogens (tertiary/aromatic N) is 3. The molecular formula is C13H19ClN4. The molecule has 5 heteroatoms. The van der Waals surface area contributed by atoms with Crippen molar-refractivity contribution in [2.45, 2.75) is 38.6 Å². The maximum atomic E-state index is 6.07. The van der Waals surface area contributed by atoms with Gasteiger partial charge in [0.1, 0.15) is 0 Å². The van der Waals surface area contributed by atoms with E-state index < -0.39 is 0 Å². The molecule has 0 saturated carbocycles. The smallest absolute Gasteiger partial charge is 0.155 e. The molecule has 2 aliphatic rings. The van der Waals surface area contributed by atoms with E-state index in [0.29, 0.717) is 11.2 Å². The van der Waals surface area contributed by atoms with Gasteiger partial charge in [-0.15, -0.1) is 10.2 Å². The van der Waals surface area contributed by atoms with E-state index in [9.17, 15) is 0 Å². The van der Waals surface area contributed by atoms with Crippen molar-refractivity contribution in [3.8, 4) is 0 Å². The molecule has 98 valence electrons. The molecule has 0 spiro atoms. The van der Waals surface area contributed by atoms with Crippen LogP contribution in [0.3, 0.4) is 0 Å². The molecule has 1 saturated heterocycles. The van der Waals surface area contributed by atoms with Crippen LogP contribution >= 0.6 is 11.6 Å². The second kappa shape index (κ2) is 5.02.